The number of aromatic nitrogens is 3. The lowest BCUT2D eigenvalue weighted by Gasteiger charge is -2.33. The van der Waals surface area contributed by atoms with E-state index in [1.165, 1.54) is 35.7 Å². The number of carbonyl (C=O) groups excluding carboxylic acids is 1. The van der Waals surface area contributed by atoms with Gasteiger partial charge in [-0.05, 0) is 80.0 Å². The Balaban J connectivity index is 1.20. The molecule has 4 aromatic rings. The molecule has 6 heteroatoms. The Morgan fingerprint density at radius 2 is 1.76 bits per heavy atom. The van der Waals surface area contributed by atoms with Crippen LogP contribution in [-0.4, -0.2) is 44.5 Å². The number of hydrogen-bond donors (Lipinski definition) is 1. The summed E-state index contributed by atoms with van der Waals surface area (Å²) in [6, 6.07) is 22.4. The highest BCUT2D eigenvalue weighted by Gasteiger charge is 2.29. The van der Waals surface area contributed by atoms with Crippen LogP contribution in [0.1, 0.15) is 60.9 Å². The van der Waals surface area contributed by atoms with Crippen molar-refractivity contribution in [3.63, 3.8) is 0 Å². The van der Waals surface area contributed by atoms with Gasteiger partial charge in [-0.1, -0.05) is 43.0 Å². The van der Waals surface area contributed by atoms with E-state index in [9.17, 15) is 4.79 Å². The summed E-state index contributed by atoms with van der Waals surface area (Å²) < 4.78 is 2.25. The van der Waals surface area contributed by atoms with Crippen molar-refractivity contribution >= 4 is 17.1 Å². The van der Waals surface area contributed by atoms with Gasteiger partial charge in [-0.2, -0.15) is 0 Å². The zero-order valence-corrected chi connectivity index (χ0v) is 21.6. The molecular weight excluding hydrogens is 470 g/mol. The Bertz CT molecular complexity index is 1510. The van der Waals surface area contributed by atoms with Crippen LogP contribution >= 0.6 is 0 Å². The zero-order chi connectivity index (χ0) is 25.6. The molecule has 2 aromatic carbocycles. The van der Waals surface area contributed by atoms with E-state index < -0.39 is 0 Å². The second kappa shape index (κ2) is 9.52. The molecule has 7 rings (SSSR count). The predicted molar refractivity (Wildman–Crippen MR) is 150 cm³/mol. The smallest absolute Gasteiger partial charge is 0.245 e. The van der Waals surface area contributed by atoms with Gasteiger partial charge in [-0.3, -0.25) is 9.36 Å². The van der Waals surface area contributed by atoms with Crippen molar-refractivity contribution in [3.05, 3.63) is 90.1 Å². The topological polar surface area (TPSA) is 63.1 Å². The molecule has 0 radical (unpaired) electrons. The van der Waals surface area contributed by atoms with Crippen LogP contribution < -0.4 is 5.32 Å². The third kappa shape index (κ3) is 4.23. The summed E-state index contributed by atoms with van der Waals surface area (Å²) in [6.07, 6.45) is 8.02. The van der Waals surface area contributed by atoms with Crippen LogP contribution in [0.2, 0.25) is 0 Å². The van der Waals surface area contributed by atoms with E-state index in [0.717, 1.165) is 67.0 Å². The average molecular weight is 504 g/mol. The third-order valence-electron chi connectivity index (χ3n) is 8.43. The first-order valence-electron chi connectivity index (χ1n) is 13.9. The van der Waals surface area contributed by atoms with Crippen molar-refractivity contribution in [2.75, 3.05) is 13.1 Å². The fraction of sp³-hybridized carbons (Fsp3) is 0.344. The number of pyridine rings is 1. The standard InChI is InChI=1S/C32H33N5O/c1-2-30(38)36-18-16-24(17-19-36)33-28-13-10-23-20-25(11-12-26(23)28)37-31(22-6-4-3-5-7-22)35-29-15-14-27(21-8-9-21)34-32(29)37/h2-7,11-12,14-15,20-21,24,28,33H,1,8-10,13,16-19H2/t28-/m0/s1. The largest absolute Gasteiger partial charge is 0.339 e. The SMILES string of the molecule is C=CC(=O)N1CCC(N[C@H]2CCc3cc(-n4c(-c5ccccc5)nc5ccc(C6CC6)nc54)ccc32)CC1. The first kappa shape index (κ1) is 23.4. The fourth-order valence-corrected chi connectivity index (χ4v) is 6.20. The van der Waals surface area contributed by atoms with E-state index in [1.807, 2.05) is 11.0 Å². The molecule has 3 heterocycles. The fourth-order valence-electron chi connectivity index (χ4n) is 6.20. The molecule has 1 aliphatic heterocycles. The van der Waals surface area contributed by atoms with E-state index in [4.69, 9.17) is 9.97 Å². The molecule has 1 N–H and O–H groups in total. The van der Waals surface area contributed by atoms with Gasteiger partial charge >= 0.3 is 0 Å². The van der Waals surface area contributed by atoms with Crippen molar-refractivity contribution in [3.8, 4) is 17.1 Å². The molecule has 2 aromatic heterocycles. The van der Waals surface area contributed by atoms with Gasteiger partial charge < -0.3 is 10.2 Å². The highest BCUT2D eigenvalue weighted by Crippen LogP contribution is 2.40. The first-order valence-corrected chi connectivity index (χ1v) is 13.9. The number of amides is 1. The maximum absolute atomic E-state index is 11.9. The number of nitrogens with zero attached hydrogens (tertiary/aromatic N) is 4. The molecule has 3 aliphatic rings. The molecule has 192 valence electrons. The minimum Gasteiger partial charge on any atom is -0.339 e. The Hall–Kier alpha value is -3.77. The summed E-state index contributed by atoms with van der Waals surface area (Å²) in [6.45, 7) is 5.22. The van der Waals surface area contributed by atoms with E-state index in [1.54, 1.807) is 0 Å². The molecular formula is C32H33N5O. The average Bonchev–Trinajstić information content (AvgIpc) is 3.64. The first-order chi connectivity index (χ1) is 18.7. The van der Waals surface area contributed by atoms with Crippen LogP contribution in [-0.2, 0) is 11.2 Å². The van der Waals surface area contributed by atoms with Crippen molar-refractivity contribution in [2.45, 2.75) is 56.5 Å². The lowest BCUT2D eigenvalue weighted by atomic mass is 10.0. The van der Waals surface area contributed by atoms with Crippen LogP contribution in [0.5, 0.6) is 0 Å². The molecule has 2 aliphatic carbocycles. The Labute approximate surface area is 223 Å². The number of rotatable bonds is 6. The van der Waals surface area contributed by atoms with Gasteiger partial charge in [-0.15, -0.1) is 0 Å². The van der Waals surface area contributed by atoms with Gasteiger partial charge in [0, 0.05) is 48.0 Å². The highest BCUT2D eigenvalue weighted by atomic mass is 16.2. The van der Waals surface area contributed by atoms with Gasteiger partial charge in [0.05, 0.1) is 0 Å². The van der Waals surface area contributed by atoms with Crippen molar-refractivity contribution < 1.29 is 4.79 Å². The van der Waals surface area contributed by atoms with Crippen LogP contribution in [0.15, 0.2) is 73.3 Å². The molecule has 1 amide bonds. The number of piperidine rings is 1. The predicted octanol–water partition coefficient (Wildman–Crippen LogP) is 5.72. The number of fused-ring (bicyclic) bond motifs is 2. The van der Waals surface area contributed by atoms with Crippen LogP contribution in [0.4, 0.5) is 0 Å². The van der Waals surface area contributed by atoms with Crippen molar-refractivity contribution in [1.82, 2.24) is 24.8 Å². The molecule has 2 fully saturated rings. The lowest BCUT2D eigenvalue weighted by Crippen LogP contribution is -2.45. The lowest BCUT2D eigenvalue weighted by molar-refractivity contribution is -0.127. The van der Waals surface area contributed by atoms with Crippen LogP contribution in [0, 0.1) is 0 Å². The van der Waals surface area contributed by atoms with Crippen molar-refractivity contribution in [2.24, 2.45) is 0 Å². The van der Waals surface area contributed by atoms with E-state index in [2.05, 4.69) is 71.1 Å². The number of imidazole rings is 1. The second-order valence-electron chi connectivity index (χ2n) is 10.9. The molecule has 0 bridgehead atoms. The molecule has 38 heavy (non-hydrogen) atoms. The maximum Gasteiger partial charge on any atom is 0.245 e. The number of hydrogen-bond acceptors (Lipinski definition) is 4. The summed E-state index contributed by atoms with van der Waals surface area (Å²) in [7, 11) is 0. The second-order valence-corrected chi connectivity index (χ2v) is 10.9. The number of nitrogens with one attached hydrogen (secondary N) is 1. The van der Waals surface area contributed by atoms with Gasteiger partial charge in [0.15, 0.2) is 5.65 Å². The Morgan fingerprint density at radius 1 is 0.947 bits per heavy atom. The third-order valence-corrected chi connectivity index (χ3v) is 8.43. The molecule has 0 spiro atoms. The van der Waals surface area contributed by atoms with Gasteiger partial charge in [0.1, 0.15) is 11.3 Å². The number of aryl methyl sites for hydroxylation is 1. The molecule has 1 atom stereocenters. The molecule has 1 saturated heterocycles. The quantitative estimate of drug-likeness (QED) is 0.342. The summed E-state index contributed by atoms with van der Waals surface area (Å²) in [4.78, 5) is 24.0. The summed E-state index contributed by atoms with van der Waals surface area (Å²) in [5.41, 5.74) is 8.09. The van der Waals surface area contributed by atoms with E-state index in [0.29, 0.717) is 18.0 Å². The molecule has 0 unspecified atom stereocenters. The van der Waals surface area contributed by atoms with Gasteiger partial charge in [0.2, 0.25) is 5.91 Å². The van der Waals surface area contributed by atoms with Crippen LogP contribution in [0.3, 0.4) is 0 Å². The highest BCUT2D eigenvalue weighted by molar-refractivity contribution is 5.87. The minimum absolute atomic E-state index is 0.0443. The monoisotopic (exact) mass is 503 g/mol. The zero-order valence-electron chi connectivity index (χ0n) is 21.6. The molecule has 6 nitrogen and oxygen atoms in total. The number of carbonyl (C=O) groups is 1. The normalized spacial score (nSPS) is 19.6. The number of likely N-dealkylation sites (tertiary alicyclic amines) is 1. The van der Waals surface area contributed by atoms with Gasteiger partial charge in [-0.25, -0.2) is 9.97 Å². The summed E-state index contributed by atoms with van der Waals surface area (Å²) in [5, 5.41) is 3.90. The maximum atomic E-state index is 11.9. The summed E-state index contributed by atoms with van der Waals surface area (Å²) in [5.74, 6) is 1.58. The Morgan fingerprint density at radius 3 is 2.53 bits per heavy atom. The molecule has 1 saturated carbocycles. The van der Waals surface area contributed by atoms with Crippen LogP contribution in [0.25, 0.3) is 28.2 Å². The Kier molecular flexibility index (Phi) is 5.85. The van der Waals surface area contributed by atoms with E-state index in [-0.39, 0.29) is 5.91 Å². The summed E-state index contributed by atoms with van der Waals surface area (Å²) >= 11 is 0. The van der Waals surface area contributed by atoms with Crippen molar-refractivity contribution in [1.29, 1.82) is 0 Å². The van der Waals surface area contributed by atoms with Gasteiger partial charge in [0.25, 0.3) is 0 Å². The number of benzene rings is 2. The van der Waals surface area contributed by atoms with E-state index >= 15 is 0 Å². The minimum atomic E-state index is 0.0443.